The highest BCUT2D eigenvalue weighted by molar-refractivity contribution is 7.20. The first-order chi connectivity index (χ1) is 13.7. The number of aromatic nitrogens is 2. The minimum absolute atomic E-state index is 0.0701. The molecule has 3 rings (SSSR count). The van der Waals surface area contributed by atoms with Crippen LogP contribution in [-0.4, -0.2) is 52.1 Å². The predicted octanol–water partition coefficient (Wildman–Crippen LogP) is 2.44. The van der Waals surface area contributed by atoms with Gasteiger partial charge < -0.3 is 26.4 Å². The summed E-state index contributed by atoms with van der Waals surface area (Å²) in [7, 11) is 0. The summed E-state index contributed by atoms with van der Waals surface area (Å²) in [6, 6.07) is 5.97. The van der Waals surface area contributed by atoms with Crippen molar-refractivity contribution in [2.24, 2.45) is 5.73 Å². The van der Waals surface area contributed by atoms with E-state index in [0.717, 1.165) is 31.1 Å². The molecule has 29 heavy (non-hydrogen) atoms. The highest BCUT2D eigenvalue weighted by atomic mass is 32.1. The van der Waals surface area contributed by atoms with Crippen molar-refractivity contribution in [2.45, 2.75) is 45.2 Å². The fourth-order valence-electron chi connectivity index (χ4n) is 3.13. The van der Waals surface area contributed by atoms with Crippen molar-refractivity contribution in [1.82, 2.24) is 15.3 Å². The van der Waals surface area contributed by atoms with Crippen molar-refractivity contribution in [3.8, 4) is 0 Å². The fourth-order valence-corrected chi connectivity index (χ4v) is 4.14. The van der Waals surface area contributed by atoms with Gasteiger partial charge in [-0.3, -0.25) is 9.59 Å². The number of nitrogens with two attached hydrogens (primary N) is 1. The average Bonchev–Trinajstić information content (AvgIpc) is 3.06. The number of nitrogens with one attached hydrogen (secondary N) is 2. The van der Waals surface area contributed by atoms with Crippen molar-refractivity contribution >= 4 is 39.7 Å². The van der Waals surface area contributed by atoms with Gasteiger partial charge in [0.15, 0.2) is 10.8 Å². The zero-order chi connectivity index (χ0) is 21.4. The van der Waals surface area contributed by atoms with Crippen LogP contribution < -0.4 is 21.3 Å². The summed E-state index contributed by atoms with van der Waals surface area (Å²) in [5.74, 6) is 0.128. The molecule has 1 aliphatic heterocycles. The van der Waals surface area contributed by atoms with Gasteiger partial charge in [0.05, 0.1) is 0 Å². The molecule has 1 atom stereocenters. The number of anilines is 3. The number of piperidine rings is 1. The molecule has 3 heterocycles. The maximum atomic E-state index is 11.8. The lowest BCUT2D eigenvalue weighted by Gasteiger charge is -2.36. The van der Waals surface area contributed by atoms with E-state index in [1.54, 1.807) is 6.20 Å². The van der Waals surface area contributed by atoms with Gasteiger partial charge in [-0.1, -0.05) is 17.4 Å². The van der Waals surface area contributed by atoms with Crippen LogP contribution in [0.5, 0.6) is 0 Å². The number of pyridine rings is 1. The van der Waals surface area contributed by atoms with Gasteiger partial charge in [0.1, 0.15) is 10.8 Å². The Labute approximate surface area is 174 Å². The first-order valence-electron chi connectivity index (χ1n) is 9.32. The molecule has 2 aromatic heterocycles. The van der Waals surface area contributed by atoms with Crippen molar-refractivity contribution in [3.05, 3.63) is 30.1 Å². The van der Waals surface area contributed by atoms with Gasteiger partial charge in [-0.25, -0.2) is 9.97 Å². The number of hydrogen-bond donors (Lipinski definition) is 4. The summed E-state index contributed by atoms with van der Waals surface area (Å²) >= 11 is 1.44. The highest BCUT2D eigenvalue weighted by Crippen LogP contribution is 2.34. The largest absolute Gasteiger partial charge is 0.483 e. The molecular formula is C19H28N6O3S. The van der Waals surface area contributed by atoms with Crippen molar-refractivity contribution < 1.29 is 14.7 Å². The summed E-state index contributed by atoms with van der Waals surface area (Å²) in [6.45, 7) is 8.07. The van der Waals surface area contributed by atoms with Gasteiger partial charge in [0.25, 0.3) is 12.4 Å². The van der Waals surface area contributed by atoms with Crippen LogP contribution in [-0.2, 0) is 4.79 Å². The Morgan fingerprint density at radius 2 is 2.14 bits per heavy atom. The van der Waals surface area contributed by atoms with Crippen LogP contribution in [0.3, 0.4) is 0 Å². The molecule has 1 amide bonds. The normalized spacial score (nSPS) is 16.5. The molecule has 0 aromatic carbocycles. The Kier molecular flexibility index (Phi) is 7.91. The van der Waals surface area contributed by atoms with E-state index < -0.39 is 5.91 Å². The van der Waals surface area contributed by atoms with Gasteiger partial charge >= 0.3 is 0 Å². The van der Waals surface area contributed by atoms with Crippen LogP contribution in [0.2, 0.25) is 0 Å². The number of carbonyl (C=O) groups excluding carboxylic acids is 1. The number of nitrogens with zero attached hydrogens (tertiary/aromatic N) is 3. The maximum Gasteiger partial charge on any atom is 0.290 e. The third-order valence-corrected chi connectivity index (χ3v) is 5.12. The van der Waals surface area contributed by atoms with Gasteiger partial charge in [0, 0.05) is 30.9 Å². The lowest BCUT2D eigenvalue weighted by Crippen LogP contribution is -2.52. The SMILES string of the molecule is CC(C)(C)NC1CCCN(c2nc(C(N)=O)c(Nc3ccccn3)s2)C1.O=CO. The number of carbonyl (C=O) groups is 2. The number of thiazole rings is 1. The number of carboxylic acid groups (broad SMARTS) is 1. The van der Waals surface area contributed by atoms with Gasteiger partial charge in [-0.2, -0.15) is 0 Å². The summed E-state index contributed by atoms with van der Waals surface area (Å²) < 4.78 is 0. The predicted molar refractivity (Wildman–Crippen MR) is 115 cm³/mol. The van der Waals surface area contributed by atoms with Crippen LogP contribution in [0.1, 0.15) is 44.1 Å². The Bertz CT molecular complexity index is 806. The average molecular weight is 421 g/mol. The van der Waals surface area contributed by atoms with E-state index in [0.29, 0.717) is 16.9 Å². The Hall–Kier alpha value is -2.72. The molecule has 1 aliphatic rings. The summed E-state index contributed by atoms with van der Waals surface area (Å²) in [5, 5.41) is 15.2. The zero-order valence-electron chi connectivity index (χ0n) is 16.9. The van der Waals surface area contributed by atoms with Crippen LogP contribution in [0, 0.1) is 0 Å². The molecule has 0 spiro atoms. The van der Waals surface area contributed by atoms with Crippen molar-refractivity contribution in [3.63, 3.8) is 0 Å². The molecule has 9 nitrogen and oxygen atoms in total. The molecule has 1 fully saturated rings. The number of primary amides is 1. The lowest BCUT2D eigenvalue weighted by atomic mass is 10.0. The summed E-state index contributed by atoms with van der Waals surface area (Å²) in [5.41, 5.74) is 5.87. The molecule has 158 valence electrons. The quantitative estimate of drug-likeness (QED) is 0.542. The van der Waals surface area contributed by atoms with Crippen molar-refractivity contribution in [1.29, 1.82) is 0 Å². The Morgan fingerprint density at radius 1 is 1.41 bits per heavy atom. The van der Waals surface area contributed by atoms with E-state index >= 15 is 0 Å². The van der Waals surface area contributed by atoms with Crippen LogP contribution >= 0.6 is 11.3 Å². The minimum Gasteiger partial charge on any atom is -0.483 e. The van der Waals surface area contributed by atoms with E-state index in [1.807, 2.05) is 18.2 Å². The molecule has 0 radical (unpaired) electrons. The topological polar surface area (TPSA) is 133 Å². The van der Waals surface area contributed by atoms with Gasteiger partial charge in [-0.05, 0) is 45.7 Å². The number of amides is 1. The molecule has 0 saturated carbocycles. The highest BCUT2D eigenvalue weighted by Gasteiger charge is 2.27. The van der Waals surface area contributed by atoms with Crippen LogP contribution in [0.4, 0.5) is 16.0 Å². The Morgan fingerprint density at radius 3 is 2.72 bits per heavy atom. The smallest absolute Gasteiger partial charge is 0.290 e. The second kappa shape index (κ2) is 10.2. The summed E-state index contributed by atoms with van der Waals surface area (Å²) in [6.07, 6.45) is 3.92. The fraction of sp³-hybridized carbons (Fsp3) is 0.474. The third-order valence-electron chi connectivity index (χ3n) is 4.08. The number of rotatable bonds is 5. The first-order valence-corrected chi connectivity index (χ1v) is 10.1. The van der Waals surface area contributed by atoms with E-state index in [1.165, 1.54) is 11.3 Å². The zero-order valence-corrected chi connectivity index (χ0v) is 17.7. The second-order valence-corrected chi connectivity index (χ2v) is 8.64. The minimum atomic E-state index is -0.535. The summed E-state index contributed by atoms with van der Waals surface area (Å²) in [4.78, 5) is 31.2. The first kappa shape index (κ1) is 22.6. The maximum absolute atomic E-state index is 11.8. The molecule has 2 aromatic rings. The molecule has 1 saturated heterocycles. The molecule has 10 heteroatoms. The Balaban J connectivity index is 0.000000941. The van der Waals surface area contributed by atoms with Crippen LogP contribution in [0.15, 0.2) is 24.4 Å². The second-order valence-electron chi connectivity index (χ2n) is 7.66. The molecular weight excluding hydrogens is 392 g/mol. The molecule has 5 N–H and O–H groups in total. The van der Waals surface area contributed by atoms with E-state index in [2.05, 4.69) is 46.3 Å². The van der Waals surface area contributed by atoms with Gasteiger partial charge in [-0.15, -0.1) is 0 Å². The van der Waals surface area contributed by atoms with Gasteiger partial charge in [0.2, 0.25) is 0 Å². The third kappa shape index (κ3) is 6.99. The molecule has 0 bridgehead atoms. The monoisotopic (exact) mass is 420 g/mol. The molecule has 0 aliphatic carbocycles. The van der Waals surface area contributed by atoms with E-state index in [9.17, 15) is 4.79 Å². The molecule has 1 unspecified atom stereocenters. The number of hydrogen-bond acceptors (Lipinski definition) is 8. The van der Waals surface area contributed by atoms with E-state index in [-0.39, 0.29) is 17.7 Å². The van der Waals surface area contributed by atoms with Crippen LogP contribution in [0.25, 0.3) is 0 Å². The van der Waals surface area contributed by atoms with Crippen molar-refractivity contribution in [2.75, 3.05) is 23.3 Å². The lowest BCUT2D eigenvalue weighted by molar-refractivity contribution is -0.122. The standard InChI is InChI=1S/C18H26N6OS.CH2O2/c1-18(2,3)23-12-7-6-10-24(11-12)17-22-14(15(19)25)16(26-17)21-13-8-4-5-9-20-13;2-1-3/h4-5,8-9,12,23H,6-7,10-11H2,1-3H3,(H2,19,25)(H,20,21);1H,(H,2,3). The van der Waals surface area contributed by atoms with E-state index in [4.69, 9.17) is 15.6 Å².